The summed E-state index contributed by atoms with van der Waals surface area (Å²) in [5.41, 5.74) is 0. The zero-order chi connectivity index (χ0) is 43.7. The molecule has 0 radical (unpaired) electrons. The van der Waals surface area contributed by atoms with Crippen molar-refractivity contribution in [1.29, 1.82) is 0 Å². The van der Waals surface area contributed by atoms with Gasteiger partial charge in [0.05, 0.1) is 13.2 Å². The van der Waals surface area contributed by atoms with Crippen molar-refractivity contribution in [2.24, 2.45) is 0 Å². The molecule has 1 aliphatic rings. The molecule has 10 nitrogen and oxygen atoms in total. The molecule has 0 aliphatic carbocycles. The summed E-state index contributed by atoms with van der Waals surface area (Å²) in [5.74, 6) is -0.872. The van der Waals surface area contributed by atoms with Gasteiger partial charge in [0.25, 0.3) is 0 Å². The first-order chi connectivity index (χ1) is 29.3. The van der Waals surface area contributed by atoms with Gasteiger partial charge in [0.15, 0.2) is 12.4 Å². The highest BCUT2D eigenvalue weighted by Crippen LogP contribution is 2.23. The molecule has 0 bridgehead atoms. The summed E-state index contributed by atoms with van der Waals surface area (Å²) < 4.78 is 22.1. The van der Waals surface area contributed by atoms with Crippen molar-refractivity contribution in [3.8, 4) is 0 Å². The van der Waals surface area contributed by atoms with Gasteiger partial charge < -0.3 is 39.4 Å². The number of allylic oxidation sites excluding steroid dienone is 10. The van der Waals surface area contributed by atoms with Gasteiger partial charge in [-0.1, -0.05) is 184 Å². The van der Waals surface area contributed by atoms with E-state index in [4.69, 9.17) is 18.9 Å². The van der Waals surface area contributed by atoms with E-state index in [2.05, 4.69) is 68.5 Å². The van der Waals surface area contributed by atoms with E-state index >= 15 is 0 Å². The van der Waals surface area contributed by atoms with Crippen LogP contribution in [0, 0.1) is 0 Å². The molecule has 0 saturated carbocycles. The molecular weight excluding hydrogens is 761 g/mol. The van der Waals surface area contributed by atoms with Crippen molar-refractivity contribution < 1.29 is 49.0 Å². The van der Waals surface area contributed by atoms with Crippen LogP contribution in [-0.2, 0) is 28.5 Å². The van der Waals surface area contributed by atoms with E-state index in [1.54, 1.807) is 0 Å². The van der Waals surface area contributed by atoms with E-state index < -0.39 is 55.4 Å². The first-order valence-electron chi connectivity index (χ1n) is 23.9. The second-order valence-electron chi connectivity index (χ2n) is 16.2. The molecule has 4 N–H and O–H groups in total. The molecule has 0 aromatic carbocycles. The van der Waals surface area contributed by atoms with Crippen LogP contribution in [0.25, 0.3) is 0 Å². The molecule has 1 saturated heterocycles. The molecule has 10 heteroatoms. The highest BCUT2D eigenvalue weighted by molar-refractivity contribution is 5.70. The number of hydrogen-bond donors (Lipinski definition) is 4. The Kier molecular flexibility index (Phi) is 37.4. The van der Waals surface area contributed by atoms with Gasteiger partial charge in [0, 0.05) is 12.8 Å². The number of esters is 2. The Balaban J connectivity index is 2.34. The topological polar surface area (TPSA) is 152 Å². The zero-order valence-corrected chi connectivity index (χ0v) is 37.7. The second-order valence-corrected chi connectivity index (χ2v) is 16.2. The lowest BCUT2D eigenvalue weighted by Gasteiger charge is -2.39. The molecule has 6 atom stereocenters. The minimum absolute atomic E-state index is 0.196. The summed E-state index contributed by atoms with van der Waals surface area (Å²) in [4.78, 5) is 25.4. The van der Waals surface area contributed by atoms with Crippen molar-refractivity contribution in [2.75, 3.05) is 19.8 Å². The minimum atomic E-state index is -1.60. The Hall–Kier alpha value is -2.60. The van der Waals surface area contributed by atoms with Crippen LogP contribution >= 0.6 is 0 Å². The van der Waals surface area contributed by atoms with Crippen LogP contribution in [-0.4, -0.2) is 89.0 Å². The van der Waals surface area contributed by atoms with E-state index in [9.17, 15) is 30.0 Å². The number of aliphatic hydroxyl groups is 4. The van der Waals surface area contributed by atoms with Gasteiger partial charge >= 0.3 is 11.9 Å². The quantitative estimate of drug-likeness (QED) is 0.0267. The van der Waals surface area contributed by atoms with Crippen LogP contribution in [0.5, 0.6) is 0 Å². The Morgan fingerprint density at radius 3 is 1.47 bits per heavy atom. The summed E-state index contributed by atoms with van der Waals surface area (Å²) >= 11 is 0. The predicted molar refractivity (Wildman–Crippen MR) is 242 cm³/mol. The van der Waals surface area contributed by atoms with Crippen molar-refractivity contribution in [3.63, 3.8) is 0 Å². The molecule has 60 heavy (non-hydrogen) atoms. The van der Waals surface area contributed by atoms with Crippen molar-refractivity contribution >= 4 is 11.9 Å². The van der Waals surface area contributed by atoms with Crippen LogP contribution in [0.3, 0.4) is 0 Å². The molecule has 1 rings (SSSR count). The van der Waals surface area contributed by atoms with E-state index in [0.717, 1.165) is 57.8 Å². The molecule has 1 aliphatic heterocycles. The smallest absolute Gasteiger partial charge is 0.306 e. The molecule has 0 aromatic heterocycles. The summed E-state index contributed by atoms with van der Waals surface area (Å²) in [6, 6.07) is 0. The van der Waals surface area contributed by atoms with Gasteiger partial charge in [-0.25, -0.2) is 0 Å². The maximum atomic E-state index is 12.8. The van der Waals surface area contributed by atoms with E-state index in [1.807, 2.05) is 6.08 Å². The van der Waals surface area contributed by atoms with Crippen LogP contribution < -0.4 is 0 Å². The second kappa shape index (κ2) is 40.5. The van der Waals surface area contributed by atoms with Gasteiger partial charge in [0.2, 0.25) is 0 Å². The fourth-order valence-corrected chi connectivity index (χ4v) is 6.93. The van der Waals surface area contributed by atoms with Crippen LogP contribution in [0.4, 0.5) is 0 Å². The average Bonchev–Trinajstić information content (AvgIpc) is 3.25. The number of rotatable bonds is 39. The summed E-state index contributed by atoms with van der Waals surface area (Å²) in [6.45, 7) is 3.26. The van der Waals surface area contributed by atoms with E-state index in [-0.39, 0.29) is 26.1 Å². The Bertz CT molecular complexity index is 1160. The number of ether oxygens (including phenoxy) is 4. The van der Waals surface area contributed by atoms with Crippen molar-refractivity contribution in [1.82, 2.24) is 0 Å². The third-order valence-corrected chi connectivity index (χ3v) is 10.7. The Morgan fingerprint density at radius 2 is 0.983 bits per heavy atom. The first kappa shape index (κ1) is 55.4. The largest absolute Gasteiger partial charge is 0.462 e. The molecule has 2 unspecified atom stereocenters. The van der Waals surface area contributed by atoms with Crippen LogP contribution in [0.15, 0.2) is 60.8 Å². The minimum Gasteiger partial charge on any atom is -0.462 e. The molecule has 1 fully saturated rings. The lowest BCUT2D eigenvalue weighted by molar-refractivity contribution is -0.305. The highest BCUT2D eigenvalue weighted by Gasteiger charge is 2.44. The number of hydrogen-bond acceptors (Lipinski definition) is 10. The third kappa shape index (κ3) is 31.3. The Morgan fingerprint density at radius 1 is 0.533 bits per heavy atom. The molecule has 0 spiro atoms. The van der Waals surface area contributed by atoms with Gasteiger partial charge in [0.1, 0.15) is 31.0 Å². The van der Waals surface area contributed by atoms with Gasteiger partial charge in [-0.3, -0.25) is 9.59 Å². The summed E-state index contributed by atoms with van der Waals surface area (Å²) in [6.07, 6.45) is 42.3. The highest BCUT2D eigenvalue weighted by atomic mass is 16.7. The van der Waals surface area contributed by atoms with E-state index in [0.29, 0.717) is 12.8 Å². The zero-order valence-electron chi connectivity index (χ0n) is 37.7. The maximum Gasteiger partial charge on any atom is 0.306 e. The van der Waals surface area contributed by atoms with E-state index in [1.165, 1.54) is 89.9 Å². The number of carbonyl (C=O) groups is 2. The standard InChI is InChI=1S/C50H86O10/c1-3-5-7-9-11-13-15-17-19-21-23-25-27-29-31-33-35-37-39-46(53)59-43(42-58-50-49(56)48(55)47(54)44(40-51)60-50)41-57-45(52)38-36-34-32-30-28-26-24-22-20-18-16-14-12-10-8-6-4-2/h6,8,12,14,18,20,24,26,30,32,43-44,47-51,54-56H,3-5,7,9-11,13,15-17,19,21-23,25,27-29,31,33-42H2,1-2H3/b8-6+,14-12+,20-18+,26-24+,32-30+/t43-,44-,47+,48?,49?,50-/m1/s1. The lowest BCUT2D eigenvalue weighted by Crippen LogP contribution is -2.59. The number of carbonyl (C=O) groups excluding carboxylic acids is 2. The van der Waals surface area contributed by atoms with Crippen LogP contribution in [0.1, 0.15) is 187 Å². The Labute approximate surface area is 364 Å². The van der Waals surface area contributed by atoms with Crippen molar-refractivity contribution in [2.45, 2.75) is 224 Å². The fraction of sp³-hybridized carbons (Fsp3) is 0.760. The van der Waals surface area contributed by atoms with Crippen LogP contribution in [0.2, 0.25) is 0 Å². The first-order valence-corrected chi connectivity index (χ1v) is 23.9. The fourth-order valence-electron chi connectivity index (χ4n) is 6.93. The number of unbranched alkanes of at least 4 members (excludes halogenated alkanes) is 18. The molecule has 0 aromatic rings. The third-order valence-electron chi connectivity index (χ3n) is 10.7. The normalized spacial score (nSPS) is 20.4. The monoisotopic (exact) mass is 847 g/mol. The predicted octanol–water partition coefficient (Wildman–Crippen LogP) is 10.6. The average molecular weight is 847 g/mol. The molecule has 1 heterocycles. The van der Waals surface area contributed by atoms with Gasteiger partial charge in [-0.2, -0.15) is 0 Å². The van der Waals surface area contributed by atoms with Gasteiger partial charge in [-0.05, 0) is 51.4 Å². The maximum absolute atomic E-state index is 12.8. The molecule has 346 valence electrons. The summed E-state index contributed by atoms with van der Waals surface area (Å²) in [5, 5.41) is 40.1. The number of aliphatic hydroxyl groups excluding tert-OH is 4. The lowest BCUT2D eigenvalue weighted by atomic mass is 9.99. The SMILES string of the molecule is CC/C=C/C/C=C/C/C=C/C/C=C/C/C=C/CCCC(=O)OC[C@H](CO[C@@H]1O[C@H](CO)[C@H](O)C(O)C1O)OC(=O)CCCCCCCCCCCCCCCCCCCC. The van der Waals surface area contributed by atoms with Gasteiger partial charge in [-0.15, -0.1) is 0 Å². The molecule has 0 amide bonds. The van der Waals surface area contributed by atoms with Crippen molar-refractivity contribution in [3.05, 3.63) is 60.8 Å². The molecular formula is C50H86O10. The summed E-state index contributed by atoms with van der Waals surface area (Å²) in [7, 11) is 0.